The summed E-state index contributed by atoms with van der Waals surface area (Å²) in [7, 11) is 1.66. The molecule has 0 atom stereocenters. The lowest BCUT2D eigenvalue weighted by Gasteiger charge is -1.90. The number of nitrogens with zero attached hydrogens (tertiary/aromatic N) is 2. The summed E-state index contributed by atoms with van der Waals surface area (Å²) in [5, 5.41) is 2.87. The van der Waals surface area contributed by atoms with E-state index in [2.05, 4.69) is 15.0 Å². The molecular weight excluding hydrogens is 186 g/mol. The molecule has 5 heteroatoms. The number of imidazole rings is 1. The summed E-state index contributed by atoms with van der Waals surface area (Å²) in [6.45, 7) is 0.553. The van der Waals surface area contributed by atoms with Crippen molar-refractivity contribution < 1.29 is 4.74 Å². The zero-order valence-corrected chi connectivity index (χ0v) is 7.97. The van der Waals surface area contributed by atoms with Crippen LogP contribution in [0.4, 0.5) is 0 Å². The molecule has 0 saturated heterocycles. The first-order chi connectivity index (χ1) is 6.40. The molecule has 2 rings (SSSR count). The molecule has 2 aromatic rings. The van der Waals surface area contributed by atoms with Crippen LogP contribution in [0.1, 0.15) is 5.69 Å². The molecule has 0 fully saturated rings. The first-order valence-corrected chi connectivity index (χ1v) is 4.71. The van der Waals surface area contributed by atoms with Gasteiger partial charge in [0.05, 0.1) is 12.3 Å². The minimum absolute atomic E-state index is 0.553. The molecule has 0 aliphatic heterocycles. The fourth-order valence-electron chi connectivity index (χ4n) is 1.01. The van der Waals surface area contributed by atoms with E-state index in [0.717, 1.165) is 16.5 Å². The van der Waals surface area contributed by atoms with E-state index in [-0.39, 0.29) is 0 Å². The van der Waals surface area contributed by atoms with Crippen LogP contribution < -0.4 is 0 Å². The first-order valence-electron chi connectivity index (χ1n) is 3.83. The molecule has 0 aliphatic rings. The highest BCUT2D eigenvalue weighted by Crippen LogP contribution is 2.19. The van der Waals surface area contributed by atoms with Gasteiger partial charge in [-0.1, -0.05) is 0 Å². The van der Waals surface area contributed by atoms with E-state index in [4.69, 9.17) is 4.74 Å². The minimum Gasteiger partial charge on any atom is -0.378 e. The lowest BCUT2D eigenvalue weighted by molar-refractivity contribution is 0.182. The lowest BCUT2D eigenvalue weighted by Crippen LogP contribution is -1.87. The summed E-state index contributed by atoms with van der Waals surface area (Å²) < 4.78 is 4.97. The van der Waals surface area contributed by atoms with E-state index < -0.39 is 0 Å². The van der Waals surface area contributed by atoms with Crippen LogP contribution in [0.5, 0.6) is 0 Å². The number of aromatic nitrogens is 3. The minimum atomic E-state index is 0.553. The maximum Gasteiger partial charge on any atom is 0.166 e. The summed E-state index contributed by atoms with van der Waals surface area (Å²) in [5.74, 6) is 0.812. The highest BCUT2D eigenvalue weighted by Gasteiger charge is 2.05. The van der Waals surface area contributed by atoms with E-state index >= 15 is 0 Å². The molecule has 2 heterocycles. The summed E-state index contributed by atoms with van der Waals surface area (Å²) in [4.78, 5) is 11.5. The van der Waals surface area contributed by atoms with Gasteiger partial charge in [0.2, 0.25) is 0 Å². The number of thiazole rings is 1. The number of methoxy groups -OCH3 is 1. The lowest BCUT2D eigenvalue weighted by atomic mass is 10.5. The monoisotopic (exact) mass is 195 g/mol. The Bertz CT molecular complexity index is 368. The van der Waals surface area contributed by atoms with Crippen molar-refractivity contribution in [2.75, 3.05) is 7.11 Å². The van der Waals surface area contributed by atoms with Crippen molar-refractivity contribution in [2.45, 2.75) is 6.61 Å². The molecule has 68 valence electrons. The van der Waals surface area contributed by atoms with Gasteiger partial charge in [-0.2, -0.15) is 0 Å². The second-order valence-electron chi connectivity index (χ2n) is 2.51. The van der Waals surface area contributed by atoms with E-state index in [1.165, 1.54) is 0 Å². The van der Waals surface area contributed by atoms with Gasteiger partial charge in [0.25, 0.3) is 0 Å². The van der Waals surface area contributed by atoms with E-state index in [9.17, 15) is 0 Å². The third-order valence-electron chi connectivity index (χ3n) is 1.54. The quantitative estimate of drug-likeness (QED) is 0.810. The normalized spacial score (nSPS) is 10.5. The smallest absolute Gasteiger partial charge is 0.166 e. The maximum absolute atomic E-state index is 4.97. The molecule has 0 bridgehead atoms. The molecule has 0 saturated carbocycles. The van der Waals surface area contributed by atoms with Gasteiger partial charge in [-0.3, -0.25) is 0 Å². The molecule has 0 unspecified atom stereocenters. The van der Waals surface area contributed by atoms with Crippen LogP contribution in [0.15, 0.2) is 17.8 Å². The number of nitrogens with one attached hydrogen (secondary N) is 1. The average molecular weight is 195 g/mol. The van der Waals surface area contributed by atoms with Crippen molar-refractivity contribution in [1.29, 1.82) is 0 Å². The summed E-state index contributed by atoms with van der Waals surface area (Å²) >= 11 is 1.56. The Kier molecular flexibility index (Phi) is 2.37. The van der Waals surface area contributed by atoms with Gasteiger partial charge >= 0.3 is 0 Å². The molecular formula is C8H9N3OS. The molecule has 2 aromatic heterocycles. The van der Waals surface area contributed by atoms with Gasteiger partial charge in [-0.05, 0) is 0 Å². The third kappa shape index (κ3) is 1.76. The van der Waals surface area contributed by atoms with Crippen LogP contribution in [0.3, 0.4) is 0 Å². The molecule has 0 aliphatic carbocycles. The Labute approximate surface area is 79.6 Å². The topological polar surface area (TPSA) is 50.8 Å². The number of aromatic amines is 1. The van der Waals surface area contributed by atoms with E-state index in [0.29, 0.717) is 6.61 Å². The van der Waals surface area contributed by atoms with Crippen molar-refractivity contribution in [3.8, 4) is 10.8 Å². The van der Waals surface area contributed by atoms with Gasteiger partial charge in [0, 0.05) is 24.9 Å². The zero-order chi connectivity index (χ0) is 9.10. The van der Waals surface area contributed by atoms with Crippen LogP contribution >= 0.6 is 11.3 Å². The van der Waals surface area contributed by atoms with Crippen molar-refractivity contribution in [2.24, 2.45) is 0 Å². The fraction of sp³-hybridized carbons (Fsp3) is 0.250. The van der Waals surface area contributed by atoms with Gasteiger partial charge in [0.15, 0.2) is 10.8 Å². The first kappa shape index (κ1) is 8.40. The van der Waals surface area contributed by atoms with Crippen LogP contribution in [0.25, 0.3) is 10.8 Å². The number of rotatable bonds is 3. The summed E-state index contributed by atoms with van der Waals surface area (Å²) in [6, 6.07) is 0. The standard InChI is InChI=1S/C8H9N3OS/c1-12-4-6-5-13-8(11-6)7-9-2-3-10-7/h2-3,5H,4H2,1H3,(H,9,10). The molecule has 4 nitrogen and oxygen atoms in total. The van der Waals surface area contributed by atoms with Gasteiger partial charge in [-0.25, -0.2) is 9.97 Å². The molecule has 0 spiro atoms. The Morgan fingerprint density at radius 1 is 1.62 bits per heavy atom. The van der Waals surface area contributed by atoms with Gasteiger partial charge < -0.3 is 9.72 Å². The molecule has 0 amide bonds. The van der Waals surface area contributed by atoms with Gasteiger partial charge in [0.1, 0.15) is 0 Å². The highest BCUT2D eigenvalue weighted by atomic mass is 32.1. The number of H-pyrrole nitrogens is 1. The van der Waals surface area contributed by atoms with E-state index in [1.54, 1.807) is 30.8 Å². The summed E-state index contributed by atoms with van der Waals surface area (Å²) in [5.41, 5.74) is 0.943. The van der Waals surface area contributed by atoms with E-state index in [1.807, 2.05) is 5.38 Å². The van der Waals surface area contributed by atoms with Crippen molar-refractivity contribution in [1.82, 2.24) is 15.0 Å². The largest absolute Gasteiger partial charge is 0.378 e. The van der Waals surface area contributed by atoms with Gasteiger partial charge in [-0.15, -0.1) is 11.3 Å². The highest BCUT2D eigenvalue weighted by molar-refractivity contribution is 7.13. The molecule has 13 heavy (non-hydrogen) atoms. The second-order valence-corrected chi connectivity index (χ2v) is 3.37. The molecule has 0 radical (unpaired) electrons. The fourth-order valence-corrected chi connectivity index (χ4v) is 1.77. The van der Waals surface area contributed by atoms with Crippen LogP contribution in [0.2, 0.25) is 0 Å². The predicted octanol–water partition coefficient (Wildman–Crippen LogP) is 1.68. The molecule has 0 aromatic carbocycles. The Morgan fingerprint density at radius 2 is 2.54 bits per heavy atom. The number of hydrogen-bond donors (Lipinski definition) is 1. The number of hydrogen-bond acceptors (Lipinski definition) is 4. The Hall–Kier alpha value is -1.20. The van der Waals surface area contributed by atoms with Crippen molar-refractivity contribution >= 4 is 11.3 Å². The average Bonchev–Trinajstić information content (AvgIpc) is 2.70. The zero-order valence-electron chi connectivity index (χ0n) is 7.15. The number of ether oxygens (including phenoxy) is 1. The van der Waals surface area contributed by atoms with Crippen molar-refractivity contribution in [3.05, 3.63) is 23.5 Å². The third-order valence-corrected chi connectivity index (χ3v) is 2.44. The maximum atomic E-state index is 4.97. The van der Waals surface area contributed by atoms with Crippen LogP contribution in [-0.2, 0) is 11.3 Å². The predicted molar refractivity (Wildman–Crippen MR) is 50.4 cm³/mol. The van der Waals surface area contributed by atoms with Crippen LogP contribution in [-0.4, -0.2) is 22.1 Å². The van der Waals surface area contributed by atoms with Crippen LogP contribution in [0, 0.1) is 0 Å². The molecule has 1 N–H and O–H groups in total. The Balaban J connectivity index is 2.23. The van der Waals surface area contributed by atoms with Crippen molar-refractivity contribution in [3.63, 3.8) is 0 Å². The Morgan fingerprint density at radius 3 is 3.23 bits per heavy atom. The summed E-state index contributed by atoms with van der Waals surface area (Å²) in [6.07, 6.45) is 3.50. The SMILES string of the molecule is COCc1csc(-c2ncc[nH]2)n1. The second kappa shape index (κ2) is 3.68.